The number of unbranched alkanes of at least 4 members (excludes halogenated alkanes) is 6. The Balaban J connectivity index is 2.00. The number of rotatable bonds is 14. The maximum atomic E-state index is 13.7. The summed E-state index contributed by atoms with van der Waals surface area (Å²) in [4.78, 5) is 28.9. The number of carbonyl (C=O) groups is 2. The fraction of sp³-hybridized carbons (Fsp3) is 0.433. The summed E-state index contributed by atoms with van der Waals surface area (Å²) in [5.74, 6) is -1.11. The lowest BCUT2D eigenvalue weighted by atomic mass is 10.0. The lowest BCUT2D eigenvalue weighted by molar-refractivity contribution is -0.126. The molecule has 0 saturated carbocycles. The number of halogens is 3. The highest BCUT2D eigenvalue weighted by Crippen LogP contribution is 2.33. The van der Waals surface area contributed by atoms with Crippen LogP contribution in [0.5, 0.6) is 0 Å². The van der Waals surface area contributed by atoms with Gasteiger partial charge in [0.05, 0.1) is 16.4 Å². The van der Waals surface area contributed by atoms with Crippen LogP contribution in [0, 0.1) is 6.92 Å². The Morgan fingerprint density at radius 2 is 1.39 bits per heavy atom. The third kappa shape index (κ3) is 7.62. The maximum absolute atomic E-state index is 13.7. The molecular formula is C30H36Cl3N3O2. The molecule has 0 aliphatic heterocycles. The van der Waals surface area contributed by atoms with Crippen molar-refractivity contribution in [2.45, 2.75) is 72.1 Å². The summed E-state index contributed by atoms with van der Waals surface area (Å²) >= 11 is 18.8. The van der Waals surface area contributed by atoms with Crippen molar-refractivity contribution >= 4 is 46.5 Å². The Kier molecular flexibility index (Phi) is 11.7. The molecule has 0 fully saturated rings. The topological polar surface area (TPSA) is 55.2 Å². The van der Waals surface area contributed by atoms with Gasteiger partial charge in [0.1, 0.15) is 5.69 Å². The lowest BCUT2D eigenvalue weighted by Crippen LogP contribution is -2.38. The highest BCUT2D eigenvalue weighted by molar-refractivity contribution is 6.42. The highest BCUT2D eigenvalue weighted by Gasteiger charge is 2.30. The van der Waals surface area contributed by atoms with Crippen molar-refractivity contribution in [1.29, 1.82) is 0 Å². The Hall–Kier alpha value is -2.34. The van der Waals surface area contributed by atoms with Gasteiger partial charge < -0.3 is 4.90 Å². The molecular weight excluding hydrogens is 541 g/mol. The predicted octanol–water partition coefficient (Wildman–Crippen LogP) is 8.98. The van der Waals surface area contributed by atoms with Crippen molar-refractivity contribution < 1.29 is 9.59 Å². The van der Waals surface area contributed by atoms with Gasteiger partial charge in [0.25, 0.3) is 11.7 Å². The van der Waals surface area contributed by atoms with Gasteiger partial charge in [-0.3, -0.25) is 9.59 Å². The first-order chi connectivity index (χ1) is 18.3. The first-order valence-corrected chi connectivity index (χ1v) is 14.6. The molecule has 0 bridgehead atoms. The molecule has 2 aromatic carbocycles. The normalized spacial score (nSPS) is 11.1. The molecule has 0 radical (unpaired) electrons. The second-order valence-corrected chi connectivity index (χ2v) is 10.9. The molecule has 1 amide bonds. The number of hydrogen-bond acceptors (Lipinski definition) is 3. The van der Waals surface area contributed by atoms with Gasteiger partial charge in [-0.25, -0.2) is 4.68 Å². The van der Waals surface area contributed by atoms with E-state index >= 15 is 0 Å². The van der Waals surface area contributed by atoms with E-state index in [2.05, 4.69) is 18.9 Å². The minimum Gasteiger partial charge on any atom is -0.336 e. The van der Waals surface area contributed by atoms with Crippen LogP contribution in [0.1, 0.15) is 81.3 Å². The number of ketones is 1. The average Bonchev–Trinajstić information content (AvgIpc) is 3.24. The largest absolute Gasteiger partial charge is 0.336 e. The van der Waals surface area contributed by atoms with Crippen LogP contribution in [0.3, 0.4) is 0 Å². The van der Waals surface area contributed by atoms with Gasteiger partial charge >= 0.3 is 0 Å². The summed E-state index contributed by atoms with van der Waals surface area (Å²) in [6.07, 6.45) is 8.28. The molecule has 3 rings (SSSR count). The summed E-state index contributed by atoms with van der Waals surface area (Å²) in [6, 6.07) is 12.4. The Labute approximate surface area is 241 Å². The first-order valence-electron chi connectivity index (χ1n) is 13.4. The third-order valence-electron chi connectivity index (χ3n) is 6.64. The van der Waals surface area contributed by atoms with Crippen LogP contribution < -0.4 is 0 Å². The van der Waals surface area contributed by atoms with Gasteiger partial charge in [0.2, 0.25) is 0 Å². The molecule has 0 aliphatic rings. The predicted molar refractivity (Wildman–Crippen MR) is 158 cm³/mol. The molecule has 3 aromatic rings. The number of Topliss-reactive ketones (excluding diaryl/α,β-unsaturated/α-hetero) is 1. The fourth-order valence-electron chi connectivity index (χ4n) is 4.50. The number of aromatic nitrogens is 2. The van der Waals surface area contributed by atoms with Crippen LogP contribution in [0.15, 0.2) is 42.5 Å². The molecule has 0 spiro atoms. The molecule has 204 valence electrons. The Bertz CT molecular complexity index is 1230. The van der Waals surface area contributed by atoms with E-state index in [1.807, 2.05) is 19.1 Å². The zero-order chi connectivity index (χ0) is 27.7. The number of carbonyl (C=O) groups excluding carboxylic acids is 2. The van der Waals surface area contributed by atoms with Crippen molar-refractivity contribution in [1.82, 2.24) is 14.7 Å². The van der Waals surface area contributed by atoms with Crippen LogP contribution in [-0.4, -0.2) is 39.5 Å². The molecule has 1 aromatic heterocycles. The molecule has 0 saturated heterocycles. The molecule has 0 unspecified atom stereocenters. The van der Waals surface area contributed by atoms with Crippen molar-refractivity contribution in [2.24, 2.45) is 0 Å². The van der Waals surface area contributed by atoms with Crippen LogP contribution >= 0.6 is 34.8 Å². The van der Waals surface area contributed by atoms with E-state index < -0.39 is 11.7 Å². The van der Waals surface area contributed by atoms with E-state index in [0.29, 0.717) is 45.1 Å². The average molecular weight is 577 g/mol. The number of benzene rings is 2. The van der Waals surface area contributed by atoms with E-state index in [1.165, 1.54) is 0 Å². The highest BCUT2D eigenvalue weighted by atomic mass is 35.5. The summed E-state index contributed by atoms with van der Waals surface area (Å²) in [5, 5.41) is 6.12. The lowest BCUT2D eigenvalue weighted by Gasteiger charge is -2.22. The molecule has 8 heteroatoms. The van der Waals surface area contributed by atoms with E-state index in [9.17, 15) is 9.59 Å². The summed E-state index contributed by atoms with van der Waals surface area (Å²) in [5.41, 5.74) is 2.76. The van der Waals surface area contributed by atoms with Crippen molar-refractivity contribution in [2.75, 3.05) is 13.1 Å². The quantitative estimate of drug-likeness (QED) is 0.109. The smallest absolute Gasteiger partial charge is 0.296 e. The summed E-state index contributed by atoms with van der Waals surface area (Å²) in [6.45, 7) is 7.26. The zero-order valence-electron chi connectivity index (χ0n) is 22.4. The van der Waals surface area contributed by atoms with Crippen LogP contribution in [0.4, 0.5) is 0 Å². The van der Waals surface area contributed by atoms with Gasteiger partial charge in [-0.05, 0) is 50.1 Å². The van der Waals surface area contributed by atoms with Gasteiger partial charge in [0, 0.05) is 34.3 Å². The minimum atomic E-state index is -0.604. The van der Waals surface area contributed by atoms with E-state index in [-0.39, 0.29) is 5.69 Å². The molecule has 0 aliphatic carbocycles. The molecule has 0 atom stereocenters. The molecule has 38 heavy (non-hydrogen) atoms. The molecule has 5 nitrogen and oxygen atoms in total. The van der Waals surface area contributed by atoms with E-state index in [0.717, 1.165) is 56.9 Å². The summed E-state index contributed by atoms with van der Waals surface area (Å²) in [7, 11) is 0. The van der Waals surface area contributed by atoms with Crippen molar-refractivity contribution in [3.05, 3.63) is 68.8 Å². The SMILES string of the molecule is CCCCCCN(CCCCCC)C(=O)C(=O)c1nn(-c2ccc(Cl)cc2Cl)c(-c2ccc(Cl)cc2)c1C. The minimum absolute atomic E-state index is 0.123. The zero-order valence-corrected chi connectivity index (χ0v) is 24.7. The Morgan fingerprint density at radius 1 is 0.816 bits per heavy atom. The van der Waals surface area contributed by atoms with E-state index in [4.69, 9.17) is 34.8 Å². The second-order valence-electron chi connectivity index (χ2n) is 9.58. The second kappa shape index (κ2) is 14.7. The molecule has 0 N–H and O–H groups in total. The van der Waals surface area contributed by atoms with Crippen molar-refractivity contribution in [3.63, 3.8) is 0 Å². The monoisotopic (exact) mass is 575 g/mol. The Morgan fingerprint density at radius 3 is 1.95 bits per heavy atom. The number of amides is 1. The molecule has 1 heterocycles. The fourth-order valence-corrected chi connectivity index (χ4v) is 5.12. The first kappa shape index (κ1) is 30.2. The number of nitrogens with zero attached hydrogens (tertiary/aromatic N) is 3. The van der Waals surface area contributed by atoms with Gasteiger partial charge in [-0.2, -0.15) is 5.10 Å². The van der Waals surface area contributed by atoms with Gasteiger partial charge in [-0.15, -0.1) is 0 Å². The standard InChI is InChI=1S/C30H36Cl3N3O2/c1-4-6-8-10-18-35(19-11-9-7-5-2)30(38)29(37)27-21(3)28(22-12-14-23(31)15-13-22)36(34-27)26-17-16-24(32)20-25(26)33/h12-17,20H,4-11,18-19H2,1-3H3. The van der Waals surface area contributed by atoms with Crippen LogP contribution in [0.2, 0.25) is 15.1 Å². The van der Waals surface area contributed by atoms with E-state index in [1.54, 1.807) is 39.9 Å². The summed E-state index contributed by atoms with van der Waals surface area (Å²) < 4.78 is 1.62. The third-order valence-corrected chi connectivity index (χ3v) is 7.43. The van der Waals surface area contributed by atoms with Gasteiger partial charge in [-0.1, -0.05) is 99.3 Å². The maximum Gasteiger partial charge on any atom is 0.296 e. The van der Waals surface area contributed by atoms with Crippen LogP contribution in [-0.2, 0) is 4.79 Å². The van der Waals surface area contributed by atoms with Gasteiger partial charge in [0.15, 0.2) is 0 Å². The van der Waals surface area contributed by atoms with Crippen molar-refractivity contribution in [3.8, 4) is 16.9 Å². The number of hydrogen-bond donors (Lipinski definition) is 0. The van der Waals surface area contributed by atoms with Crippen LogP contribution in [0.25, 0.3) is 16.9 Å².